The number of aromatic nitrogens is 5. The van der Waals surface area contributed by atoms with Crippen molar-refractivity contribution in [3.05, 3.63) is 17.6 Å². The number of rotatable bonds is 3. The molecule has 0 atom stereocenters. The number of hydrogen-bond donors (Lipinski definition) is 3. The van der Waals surface area contributed by atoms with Crippen LogP contribution in [0.4, 0.5) is 11.8 Å². The lowest BCUT2D eigenvalue weighted by Crippen LogP contribution is -2.19. The van der Waals surface area contributed by atoms with Gasteiger partial charge in [0.25, 0.3) is 0 Å². The maximum Gasteiger partial charge on any atom is 0.247 e. The summed E-state index contributed by atoms with van der Waals surface area (Å²) in [5, 5.41) is 13.3. The molecule has 0 saturated carbocycles. The van der Waals surface area contributed by atoms with Gasteiger partial charge in [0.15, 0.2) is 5.82 Å². The molecule has 0 aliphatic rings. The van der Waals surface area contributed by atoms with Crippen molar-refractivity contribution in [2.24, 2.45) is 0 Å². The molecule has 0 saturated heterocycles. The fourth-order valence-electron chi connectivity index (χ4n) is 1.31. The van der Waals surface area contributed by atoms with Crippen molar-refractivity contribution in [1.82, 2.24) is 25.0 Å². The first kappa shape index (κ1) is 11.1. The summed E-state index contributed by atoms with van der Waals surface area (Å²) in [6.07, 6.45) is 1.40. The van der Waals surface area contributed by atoms with Crippen LogP contribution in [0.15, 0.2) is 6.33 Å². The highest BCUT2D eigenvalue weighted by molar-refractivity contribution is 5.90. The molecule has 0 spiro atoms. The van der Waals surface area contributed by atoms with Crippen molar-refractivity contribution >= 4 is 17.7 Å². The molecule has 17 heavy (non-hydrogen) atoms. The van der Waals surface area contributed by atoms with Gasteiger partial charge in [-0.25, -0.2) is 9.67 Å². The van der Waals surface area contributed by atoms with Gasteiger partial charge in [-0.1, -0.05) is 0 Å². The number of carbonyl (C=O) groups excluding carboxylic acids is 1. The first-order chi connectivity index (χ1) is 8.06. The summed E-state index contributed by atoms with van der Waals surface area (Å²) in [5.41, 5.74) is 7.18. The summed E-state index contributed by atoms with van der Waals surface area (Å²) in [6, 6.07) is 0. The number of carbonyl (C=O) groups is 1. The second kappa shape index (κ2) is 4.24. The minimum Gasteiger partial charge on any atom is -0.367 e. The lowest BCUT2D eigenvalue weighted by atomic mass is 10.3. The fourth-order valence-corrected chi connectivity index (χ4v) is 1.31. The Morgan fingerprint density at radius 3 is 2.88 bits per heavy atom. The number of aromatic amines is 1. The topological polar surface area (TPSA) is 115 Å². The van der Waals surface area contributed by atoms with E-state index >= 15 is 0 Å². The fraction of sp³-hybridized carbons (Fsp3) is 0.333. The van der Waals surface area contributed by atoms with Crippen LogP contribution in [-0.2, 0) is 11.3 Å². The van der Waals surface area contributed by atoms with Crippen molar-refractivity contribution in [2.45, 2.75) is 20.4 Å². The number of nitrogens with one attached hydrogen (secondary N) is 2. The zero-order chi connectivity index (χ0) is 12.4. The number of hydrogen-bond acceptors (Lipinski definition) is 5. The van der Waals surface area contributed by atoms with Crippen LogP contribution in [-0.4, -0.2) is 30.9 Å². The van der Waals surface area contributed by atoms with Crippen molar-refractivity contribution in [3.8, 4) is 0 Å². The van der Waals surface area contributed by atoms with Crippen molar-refractivity contribution < 1.29 is 4.79 Å². The number of nitrogens with two attached hydrogens (primary N) is 1. The average Bonchev–Trinajstić information content (AvgIpc) is 2.79. The monoisotopic (exact) mass is 235 g/mol. The van der Waals surface area contributed by atoms with E-state index < -0.39 is 0 Å². The van der Waals surface area contributed by atoms with Gasteiger partial charge in [-0.05, 0) is 13.8 Å². The van der Waals surface area contributed by atoms with Gasteiger partial charge in [-0.2, -0.15) is 5.10 Å². The highest BCUT2D eigenvalue weighted by Crippen LogP contribution is 2.13. The molecule has 0 aliphatic carbocycles. The molecule has 2 rings (SSSR count). The molecule has 0 aliphatic heterocycles. The van der Waals surface area contributed by atoms with E-state index in [0.29, 0.717) is 5.82 Å². The van der Waals surface area contributed by atoms with Crippen LogP contribution >= 0.6 is 0 Å². The van der Waals surface area contributed by atoms with Gasteiger partial charge >= 0.3 is 0 Å². The number of aryl methyl sites for hydroxylation is 1. The summed E-state index contributed by atoms with van der Waals surface area (Å²) in [4.78, 5) is 15.4. The highest BCUT2D eigenvalue weighted by atomic mass is 16.2. The third kappa shape index (κ3) is 2.41. The van der Waals surface area contributed by atoms with E-state index in [2.05, 4.69) is 25.6 Å². The van der Waals surface area contributed by atoms with Gasteiger partial charge in [0.1, 0.15) is 12.9 Å². The predicted molar refractivity (Wildman–Crippen MR) is 61.1 cm³/mol. The van der Waals surface area contributed by atoms with E-state index in [1.54, 1.807) is 0 Å². The van der Waals surface area contributed by atoms with Crippen LogP contribution in [0.2, 0.25) is 0 Å². The van der Waals surface area contributed by atoms with Crippen molar-refractivity contribution in [1.29, 1.82) is 0 Å². The molecule has 0 bridgehead atoms. The van der Waals surface area contributed by atoms with E-state index in [1.165, 1.54) is 11.0 Å². The van der Waals surface area contributed by atoms with Gasteiger partial charge < -0.3 is 11.1 Å². The number of nitrogens with zero attached hydrogens (tertiary/aromatic N) is 4. The normalized spacial score (nSPS) is 10.5. The SMILES string of the molecule is Cc1[nH]nc(NC(=O)Cn2cnc(N)n2)c1C. The maximum atomic E-state index is 11.7. The zero-order valence-corrected chi connectivity index (χ0v) is 9.56. The molecule has 8 nitrogen and oxygen atoms in total. The molecule has 8 heteroatoms. The van der Waals surface area contributed by atoms with Crippen LogP contribution in [0.1, 0.15) is 11.3 Å². The minimum atomic E-state index is -0.232. The van der Waals surface area contributed by atoms with Crippen LogP contribution in [0.25, 0.3) is 0 Å². The molecular formula is C9H13N7O. The standard InChI is InChI=1S/C9H13N7O/c1-5-6(2)13-14-8(5)12-7(17)3-16-4-11-9(10)15-16/h4H,3H2,1-2H3,(H2,10,15)(H2,12,13,14,17). The van der Waals surface area contributed by atoms with E-state index in [1.807, 2.05) is 13.8 Å². The van der Waals surface area contributed by atoms with E-state index in [0.717, 1.165) is 11.3 Å². The second-order valence-corrected chi connectivity index (χ2v) is 3.67. The molecule has 4 N–H and O–H groups in total. The Morgan fingerprint density at radius 1 is 1.59 bits per heavy atom. The van der Waals surface area contributed by atoms with E-state index in [-0.39, 0.29) is 18.4 Å². The lowest BCUT2D eigenvalue weighted by Gasteiger charge is -2.02. The molecule has 0 fully saturated rings. The third-order valence-electron chi connectivity index (χ3n) is 2.37. The largest absolute Gasteiger partial charge is 0.367 e. The number of anilines is 2. The van der Waals surface area contributed by atoms with Gasteiger partial charge in [0, 0.05) is 11.3 Å². The molecule has 0 aromatic carbocycles. The van der Waals surface area contributed by atoms with Crippen molar-refractivity contribution in [3.63, 3.8) is 0 Å². The molecule has 0 radical (unpaired) electrons. The second-order valence-electron chi connectivity index (χ2n) is 3.67. The zero-order valence-electron chi connectivity index (χ0n) is 9.56. The average molecular weight is 235 g/mol. The van der Waals surface area contributed by atoms with Crippen LogP contribution < -0.4 is 11.1 Å². The summed E-state index contributed by atoms with van der Waals surface area (Å²) in [5.74, 6) is 0.440. The smallest absolute Gasteiger partial charge is 0.247 e. The molecule has 2 aromatic heterocycles. The van der Waals surface area contributed by atoms with Gasteiger partial charge in [-0.15, -0.1) is 5.10 Å². The van der Waals surface area contributed by atoms with E-state index in [9.17, 15) is 4.79 Å². The third-order valence-corrected chi connectivity index (χ3v) is 2.37. The number of nitrogen functional groups attached to an aromatic ring is 1. The Balaban J connectivity index is 2.00. The predicted octanol–water partition coefficient (Wildman–Crippen LogP) is -0.161. The first-order valence-electron chi connectivity index (χ1n) is 5.02. The Morgan fingerprint density at radius 2 is 2.35 bits per heavy atom. The maximum absolute atomic E-state index is 11.7. The number of amides is 1. The molecule has 2 heterocycles. The van der Waals surface area contributed by atoms with Crippen LogP contribution in [0.3, 0.4) is 0 Å². The Bertz CT molecular complexity index is 541. The quantitative estimate of drug-likeness (QED) is 0.683. The molecule has 90 valence electrons. The molecule has 0 unspecified atom stereocenters. The molecule has 2 aromatic rings. The summed E-state index contributed by atoms with van der Waals surface area (Å²) >= 11 is 0. The first-order valence-corrected chi connectivity index (χ1v) is 5.02. The summed E-state index contributed by atoms with van der Waals surface area (Å²) in [7, 11) is 0. The van der Waals surface area contributed by atoms with Gasteiger partial charge in [0.05, 0.1) is 0 Å². The Kier molecular flexibility index (Phi) is 2.77. The number of H-pyrrole nitrogens is 1. The summed E-state index contributed by atoms with van der Waals surface area (Å²) in [6.45, 7) is 3.81. The minimum absolute atomic E-state index is 0.0511. The lowest BCUT2D eigenvalue weighted by molar-refractivity contribution is -0.116. The Labute approximate surface area is 97.2 Å². The summed E-state index contributed by atoms with van der Waals surface area (Å²) < 4.78 is 1.36. The van der Waals surface area contributed by atoms with Crippen LogP contribution in [0.5, 0.6) is 0 Å². The van der Waals surface area contributed by atoms with Gasteiger partial charge in [0.2, 0.25) is 11.9 Å². The van der Waals surface area contributed by atoms with Gasteiger partial charge in [-0.3, -0.25) is 9.89 Å². The highest BCUT2D eigenvalue weighted by Gasteiger charge is 2.10. The molecule has 1 amide bonds. The molecular weight excluding hydrogens is 222 g/mol. The Hall–Kier alpha value is -2.38. The van der Waals surface area contributed by atoms with Crippen molar-refractivity contribution in [2.75, 3.05) is 11.1 Å². The van der Waals surface area contributed by atoms with Crippen LogP contribution in [0, 0.1) is 13.8 Å². The van der Waals surface area contributed by atoms with E-state index in [4.69, 9.17) is 5.73 Å².